The number of hydrogen-bond acceptors (Lipinski definition) is 4. The first-order valence-electron chi connectivity index (χ1n) is 6.80. The number of carbonyl (C=O) groups excluding carboxylic acids is 1. The molecule has 0 amide bonds. The second-order valence-electron chi connectivity index (χ2n) is 4.81. The third kappa shape index (κ3) is 3.44. The number of carboxylic acids is 1. The summed E-state index contributed by atoms with van der Waals surface area (Å²) in [5, 5.41) is 11.8. The van der Waals surface area contributed by atoms with E-state index in [0.717, 1.165) is 0 Å². The SMILES string of the molecule is COc1ccc(C(=O)c2ccccc2N[C@@H](C)C(=O)O)cc1. The molecule has 2 N–H and O–H groups in total. The van der Waals surface area contributed by atoms with Gasteiger partial charge in [0.05, 0.1) is 7.11 Å². The van der Waals surface area contributed by atoms with Crippen LogP contribution in [-0.2, 0) is 4.79 Å². The van der Waals surface area contributed by atoms with Crippen molar-refractivity contribution in [3.05, 3.63) is 59.7 Å². The lowest BCUT2D eigenvalue weighted by atomic mass is 10.0. The molecule has 22 heavy (non-hydrogen) atoms. The highest BCUT2D eigenvalue weighted by Gasteiger charge is 2.17. The number of nitrogens with one attached hydrogen (secondary N) is 1. The number of anilines is 1. The van der Waals surface area contributed by atoms with Crippen LogP contribution in [0.2, 0.25) is 0 Å². The molecule has 0 aliphatic rings. The molecule has 0 aliphatic heterocycles. The number of ketones is 1. The van der Waals surface area contributed by atoms with Crippen LogP contribution in [0.5, 0.6) is 5.75 Å². The summed E-state index contributed by atoms with van der Waals surface area (Å²) < 4.78 is 5.07. The topological polar surface area (TPSA) is 75.6 Å². The van der Waals surface area contributed by atoms with Crippen molar-refractivity contribution in [2.75, 3.05) is 12.4 Å². The Labute approximate surface area is 128 Å². The maximum absolute atomic E-state index is 12.6. The van der Waals surface area contributed by atoms with Gasteiger partial charge in [-0.05, 0) is 43.3 Å². The zero-order chi connectivity index (χ0) is 16.1. The van der Waals surface area contributed by atoms with Gasteiger partial charge in [0.15, 0.2) is 5.78 Å². The second-order valence-corrected chi connectivity index (χ2v) is 4.81. The fraction of sp³-hybridized carbons (Fsp3) is 0.176. The number of hydrogen-bond donors (Lipinski definition) is 2. The van der Waals surface area contributed by atoms with E-state index in [1.165, 1.54) is 6.92 Å². The van der Waals surface area contributed by atoms with Crippen LogP contribution in [0, 0.1) is 0 Å². The summed E-state index contributed by atoms with van der Waals surface area (Å²) in [5.74, 6) is -0.488. The zero-order valence-electron chi connectivity index (χ0n) is 12.4. The number of para-hydroxylation sites is 1. The quantitative estimate of drug-likeness (QED) is 0.802. The van der Waals surface area contributed by atoms with Crippen molar-refractivity contribution in [3.8, 4) is 5.75 Å². The van der Waals surface area contributed by atoms with Crippen LogP contribution in [0.15, 0.2) is 48.5 Å². The summed E-state index contributed by atoms with van der Waals surface area (Å²) in [7, 11) is 1.56. The van der Waals surface area contributed by atoms with Gasteiger partial charge in [0.25, 0.3) is 0 Å². The van der Waals surface area contributed by atoms with Crippen LogP contribution in [0.1, 0.15) is 22.8 Å². The van der Waals surface area contributed by atoms with E-state index in [-0.39, 0.29) is 5.78 Å². The molecule has 0 bridgehead atoms. The molecular weight excluding hydrogens is 282 g/mol. The molecule has 0 radical (unpaired) electrons. The molecule has 0 unspecified atom stereocenters. The Morgan fingerprint density at radius 3 is 2.32 bits per heavy atom. The van der Waals surface area contributed by atoms with Gasteiger partial charge in [-0.25, -0.2) is 0 Å². The van der Waals surface area contributed by atoms with E-state index in [1.807, 2.05) is 0 Å². The highest BCUT2D eigenvalue weighted by molar-refractivity contribution is 6.12. The Morgan fingerprint density at radius 1 is 1.09 bits per heavy atom. The van der Waals surface area contributed by atoms with Crippen molar-refractivity contribution in [2.24, 2.45) is 0 Å². The molecule has 0 saturated heterocycles. The third-order valence-electron chi connectivity index (χ3n) is 3.27. The largest absolute Gasteiger partial charge is 0.497 e. The number of aliphatic carboxylic acids is 1. The van der Waals surface area contributed by atoms with E-state index in [1.54, 1.807) is 55.6 Å². The van der Waals surface area contributed by atoms with Crippen LogP contribution in [0.25, 0.3) is 0 Å². The molecule has 5 heteroatoms. The van der Waals surface area contributed by atoms with Crippen molar-refractivity contribution < 1.29 is 19.4 Å². The second kappa shape index (κ2) is 6.76. The molecule has 0 fully saturated rings. The van der Waals surface area contributed by atoms with Crippen molar-refractivity contribution in [1.82, 2.24) is 0 Å². The predicted octanol–water partition coefficient (Wildman–Crippen LogP) is 2.81. The predicted molar refractivity (Wildman–Crippen MR) is 83.6 cm³/mol. The van der Waals surface area contributed by atoms with Crippen LogP contribution in [0.4, 0.5) is 5.69 Å². The zero-order valence-corrected chi connectivity index (χ0v) is 12.4. The van der Waals surface area contributed by atoms with E-state index < -0.39 is 12.0 Å². The Balaban J connectivity index is 2.30. The molecule has 2 rings (SSSR count). The number of benzene rings is 2. The number of carboxylic acid groups (broad SMARTS) is 1. The van der Waals surface area contributed by atoms with Crippen LogP contribution < -0.4 is 10.1 Å². The van der Waals surface area contributed by atoms with Gasteiger partial charge < -0.3 is 15.2 Å². The van der Waals surface area contributed by atoms with E-state index in [4.69, 9.17) is 9.84 Å². The van der Waals surface area contributed by atoms with Gasteiger partial charge >= 0.3 is 5.97 Å². The van der Waals surface area contributed by atoms with Gasteiger partial charge in [0.1, 0.15) is 11.8 Å². The van der Waals surface area contributed by atoms with Gasteiger partial charge in [0.2, 0.25) is 0 Å². The first-order chi connectivity index (χ1) is 10.5. The normalized spacial score (nSPS) is 11.5. The summed E-state index contributed by atoms with van der Waals surface area (Å²) in [4.78, 5) is 23.6. The van der Waals surface area contributed by atoms with Crippen molar-refractivity contribution in [1.29, 1.82) is 0 Å². The van der Waals surface area contributed by atoms with Crippen molar-refractivity contribution in [2.45, 2.75) is 13.0 Å². The molecule has 0 saturated carbocycles. The lowest BCUT2D eigenvalue weighted by Crippen LogP contribution is -2.26. The third-order valence-corrected chi connectivity index (χ3v) is 3.27. The highest BCUT2D eigenvalue weighted by Crippen LogP contribution is 2.21. The minimum atomic E-state index is -0.980. The Hall–Kier alpha value is -2.82. The fourth-order valence-corrected chi connectivity index (χ4v) is 2.00. The minimum Gasteiger partial charge on any atom is -0.497 e. The summed E-state index contributed by atoms with van der Waals surface area (Å²) in [6, 6.07) is 12.8. The van der Waals surface area contributed by atoms with Crippen molar-refractivity contribution >= 4 is 17.4 Å². The Morgan fingerprint density at radius 2 is 1.73 bits per heavy atom. The van der Waals surface area contributed by atoms with Crippen LogP contribution in [0.3, 0.4) is 0 Å². The van der Waals surface area contributed by atoms with Gasteiger partial charge in [-0.15, -0.1) is 0 Å². The van der Waals surface area contributed by atoms with E-state index in [2.05, 4.69) is 5.32 Å². The average Bonchev–Trinajstić information content (AvgIpc) is 2.54. The van der Waals surface area contributed by atoms with Crippen LogP contribution >= 0.6 is 0 Å². The number of methoxy groups -OCH3 is 1. The van der Waals surface area contributed by atoms with Gasteiger partial charge in [-0.1, -0.05) is 12.1 Å². The summed E-state index contributed by atoms with van der Waals surface area (Å²) in [5.41, 5.74) is 1.44. The lowest BCUT2D eigenvalue weighted by Gasteiger charge is -2.14. The molecule has 0 aliphatic carbocycles. The monoisotopic (exact) mass is 299 g/mol. The highest BCUT2D eigenvalue weighted by atomic mass is 16.5. The molecule has 2 aromatic rings. The maximum atomic E-state index is 12.6. The van der Waals surface area contributed by atoms with Gasteiger partial charge in [0, 0.05) is 16.8 Å². The molecule has 0 heterocycles. The molecule has 1 atom stereocenters. The number of ether oxygens (including phenoxy) is 1. The van der Waals surface area contributed by atoms with Gasteiger partial charge in [-0.3, -0.25) is 9.59 Å². The molecule has 0 spiro atoms. The standard InChI is InChI=1S/C17H17NO4/c1-11(17(20)21)18-15-6-4-3-5-14(15)16(19)12-7-9-13(22-2)10-8-12/h3-11,18H,1-2H3,(H,20,21)/t11-/m0/s1. The maximum Gasteiger partial charge on any atom is 0.325 e. The average molecular weight is 299 g/mol. The molecule has 0 aromatic heterocycles. The number of carbonyl (C=O) groups is 2. The van der Waals surface area contributed by atoms with E-state index in [9.17, 15) is 9.59 Å². The number of rotatable bonds is 6. The van der Waals surface area contributed by atoms with Gasteiger partial charge in [-0.2, -0.15) is 0 Å². The first kappa shape index (κ1) is 15.6. The molecule has 114 valence electrons. The summed E-state index contributed by atoms with van der Waals surface area (Å²) >= 11 is 0. The fourth-order valence-electron chi connectivity index (χ4n) is 2.00. The van der Waals surface area contributed by atoms with E-state index in [0.29, 0.717) is 22.6 Å². The first-order valence-corrected chi connectivity index (χ1v) is 6.80. The van der Waals surface area contributed by atoms with Crippen LogP contribution in [-0.4, -0.2) is 30.0 Å². The molecule has 2 aromatic carbocycles. The smallest absolute Gasteiger partial charge is 0.325 e. The minimum absolute atomic E-state index is 0.177. The van der Waals surface area contributed by atoms with Crippen molar-refractivity contribution in [3.63, 3.8) is 0 Å². The lowest BCUT2D eigenvalue weighted by molar-refractivity contribution is -0.137. The Bertz CT molecular complexity index is 679. The molecular formula is C17H17NO4. The summed E-state index contributed by atoms with van der Waals surface area (Å²) in [6.45, 7) is 1.52. The summed E-state index contributed by atoms with van der Waals surface area (Å²) in [6.07, 6.45) is 0. The Kier molecular flexibility index (Phi) is 4.78. The van der Waals surface area contributed by atoms with E-state index >= 15 is 0 Å². The molecule has 5 nitrogen and oxygen atoms in total.